The van der Waals surface area contributed by atoms with Gasteiger partial charge in [0.2, 0.25) is 0 Å². The van der Waals surface area contributed by atoms with E-state index in [9.17, 15) is 0 Å². The van der Waals surface area contributed by atoms with Crippen molar-refractivity contribution in [3.05, 3.63) is 0 Å². The molecule has 0 aliphatic carbocycles. The minimum Gasteiger partial charge on any atom is -0.356 e. The van der Waals surface area contributed by atoms with Crippen molar-refractivity contribution in [2.24, 2.45) is 10.9 Å². The van der Waals surface area contributed by atoms with Crippen LogP contribution in [0, 0.1) is 5.92 Å². The first-order valence-electron chi connectivity index (χ1n) is 8.09. The largest absolute Gasteiger partial charge is 0.356 e. The topological polar surface area (TPSA) is 39.7 Å². The summed E-state index contributed by atoms with van der Waals surface area (Å²) in [7, 11) is 6.12. The smallest absolute Gasteiger partial charge is 0.191 e. The van der Waals surface area contributed by atoms with Crippen LogP contribution in [0.1, 0.15) is 52.9 Å². The molecule has 0 fully saturated rings. The van der Waals surface area contributed by atoms with Gasteiger partial charge >= 0.3 is 0 Å². The fourth-order valence-electron chi connectivity index (χ4n) is 1.87. The standard InChI is InChI=1S/C16H36N4.HI/c1-14(2)15(3)19-16(17-4)18-12-10-8-7-9-11-13-20(5)6;/h14-15H,7-13H2,1-6H3,(H2,17,18,19);1H. The highest BCUT2D eigenvalue weighted by molar-refractivity contribution is 14.0. The average Bonchev–Trinajstić information content (AvgIpc) is 2.39. The van der Waals surface area contributed by atoms with E-state index in [2.05, 4.69) is 55.4 Å². The number of halogens is 1. The fraction of sp³-hybridized carbons (Fsp3) is 0.938. The van der Waals surface area contributed by atoms with E-state index in [1.807, 2.05) is 7.05 Å². The fourth-order valence-corrected chi connectivity index (χ4v) is 1.87. The van der Waals surface area contributed by atoms with Gasteiger partial charge in [0.25, 0.3) is 0 Å². The first kappa shape index (κ1) is 23.2. The lowest BCUT2D eigenvalue weighted by atomic mass is 10.1. The van der Waals surface area contributed by atoms with Crippen molar-refractivity contribution in [2.75, 3.05) is 34.2 Å². The SMILES string of the molecule is CN=C(NCCCCCCCN(C)C)NC(C)C(C)C.I. The van der Waals surface area contributed by atoms with E-state index in [0.717, 1.165) is 12.5 Å². The van der Waals surface area contributed by atoms with Crippen LogP contribution in [0.3, 0.4) is 0 Å². The second-order valence-corrected chi connectivity index (χ2v) is 6.25. The first-order valence-corrected chi connectivity index (χ1v) is 8.09. The molecular formula is C16H37IN4. The zero-order chi connectivity index (χ0) is 15.4. The van der Waals surface area contributed by atoms with Crippen LogP contribution in [0.2, 0.25) is 0 Å². The quantitative estimate of drug-likeness (QED) is 0.250. The predicted octanol–water partition coefficient (Wildman–Crippen LogP) is 3.33. The molecule has 0 aromatic heterocycles. The second kappa shape index (κ2) is 14.9. The number of nitrogens with one attached hydrogen (secondary N) is 2. The molecule has 2 N–H and O–H groups in total. The Bertz CT molecular complexity index is 255. The van der Waals surface area contributed by atoms with Crippen LogP contribution in [-0.2, 0) is 0 Å². The van der Waals surface area contributed by atoms with Gasteiger partial charge in [-0.1, -0.05) is 33.1 Å². The lowest BCUT2D eigenvalue weighted by Crippen LogP contribution is -2.44. The number of nitrogens with zero attached hydrogens (tertiary/aromatic N) is 2. The number of aliphatic imine (C=N–C) groups is 1. The van der Waals surface area contributed by atoms with Gasteiger partial charge in [0.05, 0.1) is 0 Å². The number of hydrogen-bond acceptors (Lipinski definition) is 2. The van der Waals surface area contributed by atoms with Crippen LogP contribution in [0.15, 0.2) is 4.99 Å². The molecule has 1 unspecified atom stereocenters. The summed E-state index contributed by atoms with van der Waals surface area (Å²) in [5.74, 6) is 1.55. The van der Waals surface area contributed by atoms with Crippen molar-refractivity contribution in [3.8, 4) is 0 Å². The molecule has 0 bridgehead atoms. The summed E-state index contributed by atoms with van der Waals surface area (Å²) in [6.07, 6.45) is 6.52. The maximum absolute atomic E-state index is 4.27. The Morgan fingerprint density at radius 3 is 2.10 bits per heavy atom. The molecule has 0 aliphatic rings. The van der Waals surface area contributed by atoms with E-state index in [-0.39, 0.29) is 24.0 Å². The van der Waals surface area contributed by atoms with Crippen LogP contribution in [0.4, 0.5) is 0 Å². The van der Waals surface area contributed by atoms with Crippen LogP contribution in [-0.4, -0.2) is 51.1 Å². The number of guanidine groups is 1. The van der Waals surface area contributed by atoms with Crippen molar-refractivity contribution in [1.29, 1.82) is 0 Å². The second-order valence-electron chi connectivity index (χ2n) is 6.25. The van der Waals surface area contributed by atoms with Gasteiger partial charge in [0, 0.05) is 19.6 Å². The van der Waals surface area contributed by atoms with E-state index in [4.69, 9.17) is 0 Å². The van der Waals surface area contributed by atoms with Crippen molar-refractivity contribution in [2.45, 2.75) is 58.9 Å². The molecule has 0 aromatic carbocycles. The highest BCUT2D eigenvalue weighted by Crippen LogP contribution is 2.03. The predicted molar refractivity (Wildman–Crippen MR) is 106 cm³/mol. The molecule has 1 atom stereocenters. The highest BCUT2D eigenvalue weighted by atomic mass is 127. The molecule has 21 heavy (non-hydrogen) atoms. The molecule has 0 radical (unpaired) electrons. The summed E-state index contributed by atoms with van der Waals surface area (Å²) in [6.45, 7) is 8.86. The monoisotopic (exact) mass is 412 g/mol. The summed E-state index contributed by atoms with van der Waals surface area (Å²) in [6, 6.07) is 0.451. The van der Waals surface area contributed by atoms with Crippen molar-refractivity contribution < 1.29 is 0 Å². The van der Waals surface area contributed by atoms with Crippen molar-refractivity contribution in [3.63, 3.8) is 0 Å². The lowest BCUT2D eigenvalue weighted by Gasteiger charge is -2.20. The molecule has 4 nitrogen and oxygen atoms in total. The summed E-state index contributed by atoms with van der Waals surface area (Å²) >= 11 is 0. The molecule has 0 amide bonds. The zero-order valence-electron chi connectivity index (χ0n) is 14.9. The molecule has 0 rings (SSSR count). The zero-order valence-corrected chi connectivity index (χ0v) is 17.2. The Labute approximate surface area is 149 Å². The van der Waals surface area contributed by atoms with Gasteiger partial charge in [-0.15, -0.1) is 24.0 Å². The number of unbranched alkanes of at least 4 members (excludes halogenated alkanes) is 4. The summed E-state index contributed by atoms with van der Waals surface area (Å²) in [5, 5.41) is 6.82. The van der Waals surface area contributed by atoms with Crippen LogP contribution in [0.5, 0.6) is 0 Å². The Kier molecular flexibility index (Phi) is 16.5. The third-order valence-corrected chi connectivity index (χ3v) is 3.66. The molecule has 128 valence electrons. The van der Waals surface area contributed by atoms with E-state index < -0.39 is 0 Å². The molecular weight excluding hydrogens is 375 g/mol. The molecule has 0 spiro atoms. The summed E-state index contributed by atoms with van der Waals surface area (Å²) in [4.78, 5) is 6.52. The van der Waals surface area contributed by atoms with Crippen LogP contribution in [0.25, 0.3) is 0 Å². The van der Waals surface area contributed by atoms with Gasteiger partial charge in [-0.05, 0) is 46.3 Å². The van der Waals surface area contributed by atoms with E-state index >= 15 is 0 Å². The van der Waals surface area contributed by atoms with Gasteiger partial charge < -0.3 is 15.5 Å². The number of rotatable bonds is 10. The van der Waals surface area contributed by atoms with E-state index in [1.165, 1.54) is 38.6 Å². The number of hydrogen-bond donors (Lipinski definition) is 2. The van der Waals surface area contributed by atoms with Crippen LogP contribution < -0.4 is 10.6 Å². The normalized spacial score (nSPS) is 13.2. The Morgan fingerprint density at radius 2 is 1.57 bits per heavy atom. The summed E-state index contributed by atoms with van der Waals surface area (Å²) < 4.78 is 0. The van der Waals surface area contributed by atoms with Gasteiger partial charge in [0.15, 0.2) is 5.96 Å². The molecule has 0 saturated heterocycles. The van der Waals surface area contributed by atoms with E-state index in [1.54, 1.807) is 0 Å². The van der Waals surface area contributed by atoms with Gasteiger partial charge in [0.1, 0.15) is 0 Å². The van der Waals surface area contributed by atoms with Crippen LogP contribution >= 0.6 is 24.0 Å². The Balaban J connectivity index is 0. The lowest BCUT2D eigenvalue weighted by molar-refractivity contribution is 0.389. The molecule has 5 heteroatoms. The third-order valence-electron chi connectivity index (χ3n) is 3.66. The molecule has 0 saturated carbocycles. The minimum absolute atomic E-state index is 0. The van der Waals surface area contributed by atoms with Gasteiger partial charge in [-0.3, -0.25) is 4.99 Å². The van der Waals surface area contributed by atoms with Gasteiger partial charge in [-0.25, -0.2) is 0 Å². The summed E-state index contributed by atoms with van der Waals surface area (Å²) in [5.41, 5.74) is 0. The van der Waals surface area contributed by atoms with Crippen molar-refractivity contribution >= 4 is 29.9 Å². The minimum atomic E-state index is 0. The molecule has 0 heterocycles. The first-order chi connectivity index (χ1) is 9.47. The highest BCUT2D eigenvalue weighted by Gasteiger charge is 2.08. The average molecular weight is 412 g/mol. The molecule has 0 aromatic rings. The maximum Gasteiger partial charge on any atom is 0.191 e. The van der Waals surface area contributed by atoms with Gasteiger partial charge in [-0.2, -0.15) is 0 Å². The Morgan fingerprint density at radius 1 is 1.00 bits per heavy atom. The maximum atomic E-state index is 4.27. The van der Waals surface area contributed by atoms with E-state index in [0.29, 0.717) is 12.0 Å². The Hall–Kier alpha value is -0.0400. The van der Waals surface area contributed by atoms with Crippen molar-refractivity contribution in [1.82, 2.24) is 15.5 Å². The third kappa shape index (κ3) is 14.7. The molecule has 0 aliphatic heterocycles.